The second kappa shape index (κ2) is 9.20. The molecule has 0 radical (unpaired) electrons. The van der Waals surface area contributed by atoms with E-state index >= 15 is 0 Å². The van der Waals surface area contributed by atoms with Crippen molar-refractivity contribution < 1.29 is 38.5 Å². The van der Waals surface area contributed by atoms with Crippen molar-refractivity contribution in [3.63, 3.8) is 0 Å². The van der Waals surface area contributed by atoms with Crippen LogP contribution in [0.15, 0.2) is 0 Å². The van der Waals surface area contributed by atoms with Gasteiger partial charge in [-0.1, -0.05) is 34.8 Å². The fourth-order valence-corrected chi connectivity index (χ4v) is 2.94. The average molecular weight is 487 g/mol. The minimum atomic E-state index is -2.00. The second-order valence-corrected chi connectivity index (χ2v) is 10.7. The van der Waals surface area contributed by atoms with Gasteiger partial charge in [-0.05, 0) is 34.6 Å². The summed E-state index contributed by atoms with van der Waals surface area (Å²) < 4.78 is 7.84. The van der Waals surface area contributed by atoms with E-state index in [4.69, 9.17) is 39.5 Å². The molecule has 168 valence electrons. The summed E-state index contributed by atoms with van der Waals surface area (Å²) in [5.41, 5.74) is 5.38. The topological polar surface area (TPSA) is 155 Å². The summed E-state index contributed by atoms with van der Waals surface area (Å²) in [6.07, 6.45) is 0. The molecule has 0 spiro atoms. The maximum absolute atomic E-state index is 13.0. The van der Waals surface area contributed by atoms with Crippen molar-refractivity contribution in [1.82, 2.24) is 5.32 Å². The Hall–Kier alpha value is -1.71. The summed E-state index contributed by atoms with van der Waals surface area (Å²) in [6, 6.07) is -1.24. The first kappa shape index (κ1) is 26.3. The van der Waals surface area contributed by atoms with Crippen molar-refractivity contribution in [2.75, 3.05) is 6.61 Å². The van der Waals surface area contributed by atoms with Crippen LogP contribution in [0.3, 0.4) is 0 Å². The summed E-state index contributed by atoms with van der Waals surface area (Å²) in [4.78, 5) is 52.4. The first-order chi connectivity index (χ1) is 13.4. The molecule has 10 nitrogen and oxygen atoms in total. The van der Waals surface area contributed by atoms with Crippen LogP contribution in [0.5, 0.6) is 0 Å². The van der Waals surface area contributed by atoms with Crippen LogP contribution in [0, 0.1) is 11.8 Å². The molecule has 13 heteroatoms. The number of β-lactam (4-membered cyclic amide) rings is 1. The molecule has 1 fully saturated rings. The van der Waals surface area contributed by atoms with Crippen molar-refractivity contribution in [1.29, 1.82) is 0 Å². The lowest BCUT2D eigenvalue weighted by Crippen LogP contribution is -2.70. The van der Waals surface area contributed by atoms with Crippen LogP contribution in [-0.2, 0) is 28.7 Å². The highest BCUT2D eigenvalue weighted by Crippen LogP contribution is 2.34. The highest BCUT2D eigenvalue weighted by molar-refractivity contribution is 6.68. The van der Waals surface area contributed by atoms with E-state index in [0.29, 0.717) is 0 Å². The van der Waals surface area contributed by atoms with E-state index in [1.807, 2.05) is 0 Å². The predicted molar refractivity (Wildman–Crippen MR) is 106 cm³/mol. The van der Waals surface area contributed by atoms with E-state index in [1.165, 1.54) is 34.6 Å². The van der Waals surface area contributed by atoms with Crippen LogP contribution in [0.4, 0.5) is 0 Å². The summed E-state index contributed by atoms with van der Waals surface area (Å²) in [7, 11) is 0. The normalized spacial score (nSPS) is 20.2. The van der Waals surface area contributed by atoms with Crippen LogP contribution in [0.1, 0.15) is 34.6 Å². The molecule has 2 N–H and O–H groups in total. The van der Waals surface area contributed by atoms with Crippen LogP contribution < -0.4 is 5.32 Å². The van der Waals surface area contributed by atoms with Crippen LogP contribution >= 0.6 is 34.8 Å². The molecule has 30 heavy (non-hydrogen) atoms. The Labute approximate surface area is 187 Å². The Balaban J connectivity index is 3.28. The number of rotatable bonds is 7. The van der Waals surface area contributed by atoms with Crippen molar-refractivity contribution in [2.45, 2.75) is 55.7 Å². The zero-order valence-corrected chi connectivity index (χ0v) is 19.1. The minimum Gasteiger partial charge on any atom is -0.459 e. The van der Waals surface area contributed by atoms with Gasteiger partial charge in [-0.3, -0.25) is 14.4 Å². The number of nitrogens with one attached hydrogen (secondary N) is 1. The molecular weight excluding hydrogens is 465 g/mol. The average Bonchev–Trinajstić information content (AvgIpc) is 2.48. The number of carbonyl (C=O) groups is 4. The maximum Gasteiger partial charge on any atom is 0.442 e. The number of amides is 1. The molecule has 0 bridgehead atoms. The lowest BCUT2D eigenvalue weighted by Gasteiger charge is -2.45. The molecule has 0 aliphatic carbocycles. The number of hydrogen-bond acceptors (Lipinski definition) is 7. The molecule has 0 aromatic heterocycles. The maximum atomic E-state index is 13.0. The van der Waals surface area contributed by atoms with E-state index in [9.17, 15) is 29.8 Å². The molecule has 1 saturated heterocycles. The van der Waals surface area contributed by atoms with Crippen LogP contribution in [-0.4, -0.2) is 66.9 Å². The van der Waals surface area contributed by atoms with Crippen molar-refractivity contribution >= 4 is 64.1 Å². The van der Waals surface area contributed by atoms with E-state index in [1.54, 1.807) is 0 Å². The third-order valence-electron chi connectivity index (χ3n) is 3.91. The number of esters is 2. The fraction of sp³-hybridized carbons (Fsp3) is 0.706. The van der Waals surface area contributed by atoms with Crippen molar-refractivity contribution in [3.05, 3.63) is 5.53 Å². The third kappa shape index (κ3) is 6.92. The molecule has 1 heterocycles. The Morgan fingerprint density at radius 2 is 1.73 bits per heavy atom. The number of aliphatic hydroxyl groups is 1. The largest absolute Gasteiger partial charge is 0.459 e. The lowest BCUT2D eigenvalue weighted by molar-refractivity contribution is -0.170. The molecule has 0 aromatic rings. The highest BCUT2D eigenvalue weighted by Gasteiger charge is 2.58. The number of halogens is 3. The molecular formula is C17H22Cl3N3O7. The number of nitrogens with zero attached hydrogens (tertiary/aromatic N) is 2. The van der Waals surface area contributed by atoms with Gasteiger partial charge >= 0.3 is 17.7 Å². The number of alkyl halides is 3. The minimum absolute atomic E-state index is 0.616. The third-order valence-corrected chi connectivity index (χ3v) is 4.23. The molecule has 1 aliphatic rings. The van der Waals surface area contributed by atoms with Crippen LogP contribution in [0.25, 0.3) is 5.53 Å². The standard InChI is InChI=1S/C17H22Cl3N3O7/c1-15(2,3)30-13(26)7(9-8(12(25)22-9)16(4,5)28)11(24)10(23-21)14(27)29-6-17(18,19)20/h7-9,28H,6H2,1-5H3,(H,22,25). The van der Waals surface area contributed by atoms with Gasteiger partial charge in [0.25, 0.3) is 5.78 Å². The predicted octanol–water partition coefficient (Wildman–Crippen LogP) is 0.983. The smallest absolute Gasteiger partial charge is 0.442 e. The zero-order chi connectivity index (χ0) is 23.7. The second-order valence-electron chi connectivity index (χ2n) is 8.18. The summed E-state index contributed by atoms with van der Waals surface area (Å²) >= 11 is 16.4. The quantitative estimate of drug-likeness (QED) is 0.103. The highest BCUT2D eigenvalue weighted by atomic mass is 35.6. The summed E-state index contributed by atoms with van der Waals surface area (Å²) in [5, 5.41) is 12.6. The Morgan fingerprint density at radius 1 is 1.20 bits per heavy atom. The Kier molecular flexibility index (Phi) is 8.07. The number of carbonyl (C=O) groups excluding carboxylic acids is 4. The van der Waals surface area contributed by atoms with Gasteiger partial charge in [-0.25, -0.2) is 4.79 Å². The summed E-state index contributed by atoms with van der Waals surface area (Å²) in [6.45, 7) is 6.47. The zero-order valence-electron chi connectivity index (χ0n) is 16.9. The molecule has 1 rings (SSSR count). The Bertz CT molecular complexity index is 790. The van der Waals surface area contributed by atoms with Crippen molar-refractivity contribution in [3.8, 4) is 0 Å². The van der Waals surface area contributed by atoms with Crippen molar-refractivity contribution in [2.24, 2.45) is 11.8 Å². The fourth-order valence-electron chi connectivity index (χ4n) is 2.78. The van der Waals surface area contributed by atoms with Crippen LogP contribution in [0.2, 0.25) is 0 Å². The summed E-state index contributed by atoms with van der Waals surface area (Å²) in [5.74, 6) is -7.49. The van der Waals surface area contributed by atoms with Gasteiger partial charge in [0.1, 0.15) is 18.1 Å². The molecule has 0 saturated carbocycles. The van der Waals surface area contributed by atoms with E-state index in [2.05, 4.69) is 14.8 Å². The van der Waals surface area contributed by atoms with E-state index in [0.717, 1.165) is 0 Å². The first-order valence-electron chi connectivity index (χ1n) is 8.65. The lowest BCUT2D eigenvalue weighted by atomic mass is 9.71. The van der Waals surface area contributed by atoms with Gasteiger partial charge in [0.05, 0.1) is 17.6 Å². The molecule has 3 atom stereocenters. The van der Waals surface area contributed by atoms with E-state index in [-0.39, 0.29) is 0 Å². The van der Waals surface area contributed by atoms with Gasteiger partial charge in [0.15, 0.2) is 0 Å². The first-order valence-corrected chi connectivity index (χ1v) is 9.78. The molecule has 1 aliphatic heterocycles. The van der Waals surface area contributed by atoms with E-state index < -0.39 is 68.8 Å². The molecule has 3 unspecified atom stereocenters. The monoisotopic (exact) mass is 485 g/mol. The SMILES string of the molecule is CC(C)(C)OC(=O)C(C(=O)C(=[N+]=[N-])C(=O)OCC(Cl)(Cl)Cl)C1NC(=O)C1C(C)(C)O. The number of ketones is 1. The number of ether oxygens (including phenoxy) is 2. The Morgan fingerprint density at radius 3 is 2.10 bits per heavy atom. The molecule has 0 aromatic carbocycles. The van der Waals surface area contributed by atoms with Gasteiger partial charge in [0, 0.05) is 0 Å². The van der Waals surface area contributed by atoms with Gasteiger partial charge < -0.3 is 25.4 Å². The van der Waals surface area contributed by atoms with Gasteiger partial charge in [0.2, 0.25) is 9.70 Å². The number of hydrogen-bond donors (Lipinski definition) is 2. The molecule has 1 amide bonds. The van der Waals surface area contributed by atoms with Gasteiger partial charge in [-0.2, -0.15) is 4.79 Å². The van der Waals surface area contributed by atoms with Gasteiger partial charge in [-0.15, -0.1) is 0 Å². The number of Topliss-reactive ketones (excluding diaryl/α,β-unsaturated/α-hetero) is 1.